The molecule has 2 aromatic carbocycles. The van der Waals surface area contributed by atoms with Crippen molar-refractivity contribution < 1.29 is 19.8 Å². The summed E-state index contributed by atoms with van der Waals surface area (Å²) in [6.45, 7) is 0. The molecule has 0 spiro atoms. The molecule has 2 N–H and O–H groups in total. The molecule has 4 nitrogen and oxygen atoms in total. The van der Waals surface area contributed by atoms with Gasteiger partial charge in [0.15, 0.2) is 0 Å². The molecular formula is C22H16O4. The van der Waals surface area contributed by atoms with E-state index >= 15 is 0 Å². The third-order valence-corrected chi connectivity index (χ3v) is 4.21. The number of aromatic carboxylic acids is 2. The number of hydrogen-bond acceptors (Lipinski definition) is 2. The summed E-state index contributed by atoms with van der Waals surface area (Å²) in [5.74, 6) is 4.01. The van der Waals surface area contributed by atoms with Crippen molar-refractivity contribution in [1.29, 1.82) is 0 Å². The molecule has 1 atom stereocenters. The van der Waals surface area contributed by atoms with Crippen molar-refractivity contribution in [2.45, 2.75) is 11.8 Å². The van der Waals surface area contributed by atoms with E-state index in [0.717, 1.165) is 11.6 Å². The Morgan fingerprint density at radius 3 is 2.12 bits per heavy atom. The van der Waals surface area contributed by atoms with Gasteiger partial charge in [-0.15, -0.1) is 0 Å². The lowest BCUT2D eigenvalue weighted by molar-refractivity contribution is 0.0696. The Kier molecular flexibility index (Phi) is 4.72. The Hall–Kier alpha value is -3.58. The molecule has 1 aliphatic rings. The largest absolute Gasteiger partial charge is 0.478 e. The highest BCUT2D eigenvalue weighted by molar-refractivity contribution is 5.94. The number of hydrogen-bond donors (Lipinski definition) is 2. The predicted molar refractivity (Wildman–Crippen MR) is 98.3 cm³/mol. The second-order valence-corrected chi connectivity index (χ2v) is 5.99. The molecule has 3 rings (SSSR count). The topological polar surface area (TPSA) is 74.6 Å². The number of carboxylic acid groups (broad SMARTS) is 2. The van der Waals surface area contributed by atoms with Gasteiger partial charge >= 0.3 is 11.9 Å². The van der Waals surface area contributed by atoms with E-state index in [1.165, 1.54) is 12.1 Å². The van der Waals surface area contributed by atoms with Gasteiger partial charge in [0.05, 0.1) is 16.5 Å². The maximum absolute atomic E-state index is 11.4. The molecule has 1 unspecified atom stereocenters. The molecule has 0 amide bonds. The van der Waals surface area contributed by atoms with Crippen molar-refractivity contribution in [1.82, 2.24) is 0 Å². The zero-order valence-corrected chi connectivity index (χ0v) is 13.8. The van der Waals surface area contributed by atoms with E-state index in [2.05, 4.69) is 11.8 Å². The molecule has 0 bridgehead atoms. The van der Waals surface area contributed by atoms with E-state index in [0.29, 0.717) is 12.0 Å². The molecule has 2 aromatic rings. The van der Waals surface area contributed by atoms with Gasteiger partial charge < -0.3 is 10.2 Å². The fourth-order valence-electron chi connectivity index (χ4n) is 2.84. The standard InChI is InChI=1S/C22H16O4/c23-20(24)17-13-18(21(25)26)15-19(14-17)22(10-5-2-6-11-22)12-9-16-7-3-1-4-8-16/h1-8,10,13-15H,11H2,(H,23,24)(H,25,26). The van der Waals surface area contributed by atoms with Crippen LogP contribution in [0.15, 0.2) is 72.8 Å². The van der Waals surface area contributed by atoms with Crippen molar-refractivity contribution in [3.63, 3.8) is 0 Å². The first-order valence-corrected chi connectivity index (χ1v) is 8.05. The smallest absolute Gasteiger partial charge is 0.335 e. The highest BCUT2D eigenvalue weighted by Crippen LogP contribution is 2.33. The maximum atomic E-state index is 11.4. The first-order chi connectivity index (χ1) is 12.5. The van der Waals surface area contributed by atoms with Crippen LogP contribution in [-0.4, -0.2) is 22.2 Å². The lowest BCUT2D eigenvalue weighted by atomic mass is 9.75. The predicted octanol–water partition coefficient (Wildman–Crippen LogP) is 3.89. The molecule has 0 saturated carbocycles. The van der Waals surface area contributed by atoms with Crippen LogP contribution in [0.3, 0.4) is 0 Å². The fourth-order valence-corrected chi connectivity index (χ4v) is 2.84. The number of benzene rings is 2. The van der Waals surface area contributed by atoms with Gasteiger partial charge in [-0.2, -0.15) is 0 Å². The van der Waals surface area contributed by atoms with Gasteiger partial charge in [0, 0.05) is 5.56 Å². The minimum absolute atomic E-state index is 0.0660. The van der Waals surface area contributed by atoms with Gasteiger partial charge in [-0.05, 0) is 42.3 Å². The first kappa shape index (κ1) is 17.2. The van der Waals surface area contributed by atoms with Gasteiger partial charge in [0.1, 0.15) is 0 Å². The lowest BCUT2D eigenvalue weighted by Crippen LogP contribution is -2.23. The number of allylic oxidation sites excluding steroid dienone is 4. The summed E-state index contributed by atoms with van der Waals surface area (Å²) in [7, 11) is 0. The molecule has 0 fully saturated rings. The van der Waals surface area contributed by atoms with Crippen molar-refractivity contribution in [2.75, 3.05) is 0 Å². The van der Waals surface area contributed by atoms with Crippen LogP contribution in [-0.2, 0) is 5.41 Å². The highest BCUT2D eigenvalue weighted by atomic mass is 16.4. The van der Waals surface area contributed by atoms with Crippen LogP contribution in [0.1, 0.15) is 38.3 Å². The Morgan fingerprint density at radius 1 is 0.923 bits per heavy atom. The second-order valence-electron chi connectivity index (χ2n) is 5.99. The molecule has 0 radical (unpaired) electrons. The monoisotopic (exact) mass is 344 g/mol. The summed E-state index contributed by atoms with van der Waals surface area (Å²) in [4.78, 5) is 22.9. The van der Waals surface area contributed by atoms with Crippen LogP contribution in [0.25, 0.3) is 0 Å². The van der Waals surface area contributed by atoms with Crippen molar-refractivity contribution >= 4 is 11.9 Å². The van der Waals surface area contributed by atoms with Gasteiger partial charge in [-0.25, -0.2) is 9.59 Å². The number of carbonyl (C=O) groups is 2. The van der Waals surface area contributed by atoms with E-state index in [4.69, 9.17) is 0 Å². The zero-order chi connectivity index (χ0) is 18.6. The van der Waals surface area contributed by atoms with Crippen LogP contribution in [0.2, 0.25) is 0 Å². The average molecular weight is 344 g/mol. The quantitative estimate of drug-likeness (QED) is 0.829. The van der Waals surface area contributed by atoms with Crippen LogP contribution in [0.4, 0.5) is 0 Å². The SMILES string of the molecule is O=C(O)c1cc(C(=O)O)cc(C2(C#Cc3ccccc3)C=CC=CC2)c1. The van der Waals surface area contributed by atoms with Crippen molar-refractivity contribution in [2.24, 2.45) is 0 Å². The molecule has 0 aliphatic heterocycles. The lowest BCUT2D eigenvalue weighted by Gasteiger charge is -2.27. The molecule has 128 valence electrons. The average Bonchev–Trinajstić information content (AvgIpc) is 2.67. The van der Waals surface area contributed by atoms with Crippen LogP contribution in [0.5, 0.6) is 0 Å². The third-order valence-electron chi connectivity index (χ3n) is 4.21. The number of rotatable bonds is 3. The Labute approximate surface area is 151 Å². The van der Waals surface area contributed by atoms with Gasteiger partial charge in [0.25, 0.3) is 0 Å². The molecular weight excluding hydrogens is 328 g/mol. The fraction of sp³-hybridized carbons (Fsp3) is 0.0909. The molecule has 0 aromatic heterocycles. The summed E-state index contributed by atoms with van der Waals surface area (Å²) in [5.41, 5.74) is 0.481. The molecule has 4 heteroatoms. The molecule has 26 heavy (non-hydrogen) atoms. The Balaban J connectivity index is 2.16. The zero-order valence-electron chi connectivity index (χ0n) is 13.8. The number of carboxylic acids is 2. The summed E-state index contributed by atoms with van der Waals surface area (Å²) in [5, 5.41) is 18.7. The third kappa shape index (κ3) is 3.57. The molecule has 0 heterocycles. The Morgan fingerprint density at radius 2 is 1.58 bits per heavy atom. The van der Waals surface area contributed by atoms with E-state index in [-0.39, 0.29) is 11.1 Å². The highest BCUT2D eigenvalue weighted by Gasteiger charge is 2.29. The van der Waals surface area contributed by atoms with E-state index in [1.807, 2.05) is 54.6 Å². The van der Waals surface area contributed by atoms with E-state index in [1.54, 1.807) is 0 Å². The van der Waals surface area contributed by atoms with E-state index < -0.39 is 17.4 Å². The molecule has 0 saturated heterocycles. The van der Waals surface area contributed by atoms with Crippen molar-refractivity contribution in [3.8, 4) is 11.8 Å². The van der Waals surface area contributed by atoms with Crippen molar-refractivity contribution in [3.05, 3.63) is 95.1 Å². The van der Waals surface area contributed by atoms with Gasteiger partial charge in [-0.1, -0.05) is 54.3 Å². The minimum atomic E-state index is -1.17. The van der Waals surface area contributed by atoms with Crippen LogP contribution < -0.4 is 0 Å². The summed E-state index contributed by atoms with van der Waals surface area (Å²) in [6, 6.07) is 13.6. The van der Waals surface area contributed by atoms with Crippen LogP contribution in [0, 0.1) is 11.8 Å². The maximum Gasteiger partial charge on any atom is 0.335 e. The van der Waals surface area contributed by atoms with Gasteiger partial charge in [0.2, 0.25) is 0 Å². The summed E-state index contributed by atoms with van der Waals surface area (Å²) >= 11 is 0. The minimum Gasteiger partial charge on any atom is -0.478 e. The Bertz CT molecular complexity index is 942. The van der Waals surface area contributed by atoms with E-state index in [9.17, 15) is 19.8 Å². The van der Waals surface area contributed by atoms with Gasteiger partial charge in [-0.3, -0.25) is 0 Å². The molecule has 1 aliphatic carbocycles. The summed E-state index contributed by atoms with van der Waals surface area (Å²) < 4.78 is 0. The second kappa shape index (κ2) is 7.12. The first-order valence-electron chi connectivity index (χ1n) is 8.05. The van der Waals surface area contributed by atoms with Crippen LogP contribution >= 0.6 is 0 Å². The summed E-state index contributed by atoms with van der Waals surface area (Å²) in [6.07, 6.45) is 8.09. The normalized spacial score (nSPS) is 18.0.